The molecule has 1 aliphatic rings. The van der Waals surface area contributed by atoms with Crippen molar-refractivity contribution in [2.24, 2.45) is 16.8 Å². The lowest BCUT2D eigenvalue weighted by atomic mass is 10.0. The van der Waals surface area contributed by atoms with Crippen molar-refractivity contribution in [2.45, 2.75) is 64.8 Å². The molecule has 0 radical (unpaired) electrons. The Morgan fingerprint density at radius 3 is 2.53 bits per heavy atom. The molecule has 0 aromatic carbocycles. The molecule has 3 N–H and O–H groups in total. The molecule has 1 rings (SSSR count). The minimum absolute atomic E-state index is 0.155. The van der Waals surface area contributed by atoms with Gasteiger partial charge in [0, 0.05) is 25.4 Å². The van der Waals surface area contributed by atoms with E-state index >= 15 is 0 Å². The molecule has 1 saturated carbocycles. The van der Waals surface area contributed by atoms with Gasteiger partial charge in [0.1, 0.15) is 5.84 Å². The molecule has 0 saturated heterocycles. The van der Waals surface area contributed by atoms with Crippen molar-refractivity contribution in [2.75, 3.05) is 6.54 Å². The number of hydrogen-bond acceptors (Lipinski definition) is 3. The third kappa shape index (κ3) is 5.49. The van der Waals surface area contributed by atoms with Gasteiger partial charge < -0.3 is 15.8 Å². The molecule has 0 aromatic rings. The van der Waals surface area contributed by atoms with Crippen molar-refractivity contribution in [1.29, 1.82) is 0 Å². The van der Waals surface area contributed by atoms with Gasteiger partial charge in [-0.05, 0) is 26.2 Å². The van der Waals surface area contributed by atoms with Gasteiger partial charge in [-0.1, -0.05) is 30.8 Å². The monoisotopic (exact) mass is 269 g/mol. The van der Waals surface area contributed by atoms with Crippen LogP contribution in [0.25, 0.3) is 0 Å². The second-order valence-corrected chi connectivity index (χ2v) is 5.71. The molecule has 1 fully saturated rings. The zero-order valence-corrected chi connectivity index (χ0v) is 12.1. The maximum absolute atomic E-state index is 12.2. The van der Waals surface area contributed by atoms with E-state index in [1.807, 2.05) is 18.7 Å². The van der Waals surface area contributed by atoms with Gasteiger partial charge in [-0.25, -0.2) is 0 Å². The molecule has 0 aliphatic heterocycles. The first-order valence-electron chi connectivity index (χ1n) is 7.30. The molecule has 0 aromatic heterocycles. The largest absolute Gasteiger partial charge is 0.409 e. The minimum atomic E-state index is 0.155. The smallest absolute Gasteiger partial charge is 0.222 e. The van der Waals surface area contributed by atoms with Crippen LogP contribution in [0, 0.1) is 5.92 Å². The summed E-state index contributed by atoms with van der Waals surface area (Å²) >= 11 is 0. The predicted molar refractivity (Wildman–Crippen MR) is 76.1 cm³/mol. The molecular weight excluding hydrogens is 242 g/mol. The SMILES string of the molecule is CC(C)N(CCC(N)=NO)C(=O)CCC1CCCC1. The number of rotatable bonds is 7. The number of carbonyl (C=O) groups is 1. The van der Waals surface area contributed by atoms with Crippen molar-refractivity contribution in [1.82, 2.24) is 4.90 Å². The van der Waals surface area contributed by atoms with Crippen LogP contribution in [0.1, 0.15) is 58.8 Å². The van der Waals surface area contributed by atoms with Gasteiger partial charge in [-0.15, -0.1) is 0 Å². The summed E-state index contributed by atoms with van der Waals surface area (Å²) in [6, 6.07) is 0.155. The van der Waals surface area contributed by atoms with Crippen molar-refractivity contribution in [3.8, 4) is 0 Å². The molecule has 0 bridgehead atoms. The lowest BCUT2D eigenvalue weighted by molar-refractivity contribution is -0.133. The van der Waals surface area contributed by atoms with E-state index in [1.165, 1.54) is 25.7 Å². The average molecular weight is 269 g/mol. The highest BCUT2D eigenvalue weighted by molar-refractivity contribution is 5.81. The Labute approximate surface area is 115 Å². The van der Waals surface area contributed by atoms with Gasteiger partial charge in [-0.3, -0.25) is 4.79 Å². The number of oxime groups is 1. The molecule has 1 aliphatic carbocycles. The Kier molecular flexibility index (Phi) is 6.67. The normalized spacial score (nSPS) is 17.1. The number of amidine groups is 1. The summed E-state index contributed by atoms with van der Waals surface area (Å²) in [7, 11) is 0. The Morgan fingerprint density at radius 2 is 2.00 bits per heavy atom. The second kappa shape index (κ2) is 8.02. The van der Waals surface area contributed by atoms with Crippen LogP contribution in [-0.2, 0) is 4.79 Å². The number of nitrogens with two attached hydrogens (primary N) is 1. The van der Waals surface area contributed by atoms with E-state index in [1.54, 1.807) is 0 Å². The summed E-state index contributed by atoms with van der Waals surface area (Å²) in [4.78, 5) is 14.1. The molecule has 0 unspecified atom stereocenters. The average Bonchev–Trinajstić information content (AvgIpc) is 2.88. The summed E-state index contributed by atoms with van der Waals surface area (Å²) in [5.74, 6) is 1.10. The number of carbonyl (C=O) groups excluding carboxylic acids is 1. The van der Waals surface area contributed by atoms with Gasteiger partial charge in [0.2, 0.25) is 5.91 Å². The Bertz CT molecular complexity index is 310. The summed E-state index contributed by atoms with van der Waals surface area (Å²) < 4.78 is 0. The quantitative estimate of drug-likeness (QED) is 0.322. The Morgan fingerprint density at radius 1 is 1.37 bits per heavy atom. The first-order chi connectivity index (χ1) is 9.04. The van der Waals surface area contributed by atoms with Crippen LogP contribution in [0.3, 0.4) is 0 Å². The van der Waals surface area contributed by atoms with Gasteiger partial charge in [0.15, 0.2) is 0 Å². The number of amides is 1. The molecule has 19 heavy (non-hydrogen) atoms. The van der Waals surface area contributed by atoms with Crippen LogP contribution in [-0.4, -0.2) is 34.4 Å². The first kappa shape index (κ1) is 15.8. The van der Waals surface area contributed by atoms with Crippen LogP contribution < -0.4 is 5.73 Å². The number of nitrogens with zero attached hydrogens (tertiary/aromatic N) is 2. The summed E-state index contributed by atoms with van der Waals surface area (Å²) in [6.07, 6.45) is 7.24. The van der Waals surface area contributed by atoms with E-state index in [4.69, 9.17) is 10.9 Å². The maximum atomic E-state index is 12.2. The molecular formula is C14H27N3O2. The van der Waals surface area contributed by atoms with Gasteiger partial charge in [0.05, 0.1) is 0 Å². The van der Waals surface area contributed by atoms with Crippen LogP contribution in [0.4, 0.5) is 0 Å². The topological polar surface area (TPSA) is 78.9 Å². The lowest BCUT2D eigenvalue weighted by Crippen LogP contribution is -2.39. The van der Waals surface area contributed by atoms with Crippen molar-refractivity contribution >= 4 is 11.7 Å². The van der Waals surface area contributed by atoms with Crippen LogP contribution >= 0.6 is 0 Å². The molecule has 0 heterocycles. The van der Waals surface area contributed by atoms with Crippen molar-refractivity contribution < 1.29 is 10.0 Å². The van der Waals surface area contributed by atoms with Crippen LogP contribution in [0.15, 0.2) is 5.16 Å². The fourth-order valence-electron chi connectivity index (χ4n) is 2.73. The zero-order chi connectivity index (χ0) is 14.3. The Balaban J connectivity index is 2.38. The highest BCUT2D eigenvalue weighted by Gasteiger charge is 2.20. The Hall–Kier alpha value is -1.26. The van der Waals surface area contributed by atoms with Gasteiger partial charge >= 0.3 is 0 Å². The van der Waals surface area contributed by atoms with E-state index in [9.17, 15) is 4.79 Å². The van der Waals surface area contributed by atoms with E-state index in [0.29, 0.717) is 19.4 Å². The number of hydrogen-bond donors (Lipinski definition) is 2. The van der Waals surface area contributed by atoms with Crippen LogP contribution in [0.2, 0.25) is 0 Å². The fraction of sp³-hybridized carbons (Fsp3) is 0.857. The highest BCUT2D eigenvalue weighted by atomic mass is 16.4. The van der Waals surface area contributed by atoms with E-state index in [0.717, 1.165) is 12.3 Å². The molecule has 110 valence electrons. The fourth-order valence-corrected chi connectivity index (χ4v) is 2.73. The summed E-state index contributed by atoms with van der Waals surface area (Å²) in [6.45, 7) is 4.52. The molecule has 5 nitrogen and oxygen atoms in total. The molecule has 0 spiro atoms. The van der Waals surface area contributed by atoms with Crippen molar-refractivity contribution in [3.63, 3.8) is 0 Å². The zero-order valence-electron chi connectivity index (χ0n) is 12.1. The van der Waals surface area contributed by atoms with Gasteiger partial charge in [0.25, 0.3) is 0 Å². The third-order valence-corrected chi connectivity index (χ3v) is 3.92. The molecule has 0 atom stereocenters. The second-order valence-electron chi connectivity index (χ2n) is 5.71. The lowest BCUT2D eigenvalue weighted by Gasteiger charge is -2.27. The van der Waals surface area contributed by atoms with Crippen molar-refractivity contribution in [3.05, 3.63) is 0 Å². The summed E-state index contributed by atoms with van der Waals surface area (Å²) in [5, 5.41) is 11.5. The van der Waals surface area contributed by atoms with Gasteiger partial charge in [-0.2, -0.15) is 0 Å². The maximum Gasteiger partial charge on any atom is 0.222 e. The van der Waals surface area contributed by atoms with E-state index in [-0.39, 0.29) is 17.8 Å². The van der Waals surface area contributed by atoms with E-state index < -0.39 is 0 Å². The summed E-state index contributed by atoms with van der Waals surface area (Å²) in [5.41, 5.74) is 5.46. The minimum Gasteiger partial charge on any atom is -0.409 e. The molecule has 1 amide bonds. The van der Waals surface area contributed by atoms with Crippen LogP contribution in [0.5, 0.6) is 0 Å². The molecule has 5 heteroatoms. The highest BCUT2D eigenvalue weighted by Crippen LogP contribution is 2.28. The van der Waals surface area contributed by atoms with E-state index in [2.05, 4.69) is 5.16 Å². The first-order valence-corrected chi connectivity index (χ1v) is 7.30. The predicted octanol–water partition coefficient (Wildman–Crippen LogP) is 2.33. The standard InChI is InChI=1S/C14H27N3O2/c1-11(2)17(10-9-13(15)16-19)14(18)8-7-12-5-3-4-6-12/h11-12,19H,3-10H2,1-2H3,(H2,15,16). The third-order valence-electron chi connectivity index (χ3n) is 3.92.